The predicted molar refractivity (Wildman–Crippen MR) is 81.2 cm³/mol. The molecule has 0 atom stereocenters. The van der Waals surface area contributed by atoms with Gasteiger partial charge in [0.15, 0.2) is 0 Å². The number of nitrogens with zero attached hydrogens (tertiary/aromatic N) is 4. The molecule has 0 saturated carbocycles. The van der Waals surface area contributed by atoms with Crippen molar-refractivity contribution >= 4 is 11.7 Å². The Kier molecular flexibility index (Phi) is 6.21. The zero-order valence-electron chi connectivity index (χ0n) is 12.8. The minimum absolute atomic E-state index is 0.236. The Hall–Kier alpha value is -1.85. The molecule has 0 radical (unpaired) electrons. The van der Waals surface area contributed by atoms with Gasteiger partial charge >= 0.3 is 0 Å². The molecule has 0 saturated heterocycles. The minimum Gasteiger partial charge on any atom is -0.409 e. The fourth-order valence-corrected chi connectivity index (χ4v) is 1.99. The van der Waals surface area contributed by atoms with Crippen molar-refractivity contribution in [2.45, 2.75) is 40.5 Å². The molecule has 0 amide bonds. The van der Waals surface area contributed by atoms with Crippen LogP contribution in [-0.4, -0.2) is 34.1 Å². The smallest absolute Gasteiger partial charge is 0.140 e. The lowest BCUT2D eigenvalue weighted by Gasteiger charge is -2.26. The second-order valence-corrected chi connectivity index (χ2v) is 5.30. The van der Waals surface area contributed by atoms with Gasteiger partial charge in [0, 0.05) is 31.3 Å². The van der Waals surface area contributed by atoms with E-state index in [-0.39, 0.29) is 5.84 Å². The third-order valence-electron chi connectivity index (χ3n) is 2.92. The van der Waals surface area contributed by atoms with Crippen LogP contribution >= 0.6 is 0 Å². The number of amidine groups is 1. The summed E-state index contributed by atoms with van der Waals surface area (Å²) in [5.74, 6) is 2.42. The fourth-order valence-electron chi connectivity index (χ4n) is 1.99. The van der Waals surface area contributed by atoms with Crippen LogP contribution in [0.1, 0.15) is 38.7 Å². The van der Waals surface area contributed by atoms with E-state index in [2.05, 4.69) is 40.8 Å². The summed E-state index contributed by atoms with van der Waals surface area (Å²) in [4.78, 5) is 11.1. The standard InChI is InChI=1S/C14H25N5O/c1-5-12-8-14(17-11(4)16-12)19(9-10(2)3)7-6-13(15)18-20/h8,10,20H,5-7,9H2,1-4H3,(H2,15,18). The van der Waals surface area contributed by atoms with Crippen molar-refractivity contribution in [2.24, 2.45) is 16.8 Å². The zero-order valence-corrected chi connectivity index (χ0v) is 12.8. The Morgan fingerprint density at radius 2 is 2.15 bits per heavy atom. The summed E-state index contributed by atoms with van der Waals surface area (Å²) >= 11 is 0. The highest BCUT2D eigenvalue weighted by atomic mass is 16.4. The highest BCUT2D eigenvalue weighted by Gasteiger charge is 2.12. The molecule has 6 heteroatoms. The summed E-state index contributed by atoms with van der Waals surface area (Å²) < 4.78 is 0. The van der Waals surface area contributed by atoms with Gasteiger partial charge in [-0.3, -0.25) is 0 Å². The monoisotopic (exact) mass is 279 g/mol. The molecule has 1 heterocycles. The first-order chi connectivity index (χ1) is 9.46. The predicted octanol–water partition coefficient (Wildman–Crippen LogP) is 1.95. The van der Waals surface area contributed by atoms with Crippen LogP contribution in [0.3, 0.4) is 0 Å². The molecule has 1 aromatic heterocycles. The van der Waals surface area contributed by atoms with Crippen molar-refractivity contribution in [1.29, 1.82) is 0 Å². The van der Waals surface area contributed by atoms with Crippen molar-refractivity contribution in [1.82, 2.24) is 9.97 Å². The highest BCUT2D eigenvalue weighted by Crippen LogP contribution is 2.15. The Morgan fingerprint density at radius 1 is 1.45 bits per heavy atom. The highest BCUT2D eigenvalue weighted by molar-refractivity contribution is 5.80. The second kappa shape index (κ2) is 7.67. The van der Waals surface area contributed by atoms with E-state index in [1.807, 2.05) is 13.0 Å². The number of anilines is 1. The first-order valence-electron chi connectivity index (χ1n) is 7.02. The Labute approximate surface area is 120 Å². The van der Waals surface area contributed by atoms with Gasteiger partial charge in [0.2, 0.25) is 0 Å². The average Bonchev–Trinajstić information content (AvgIpc) is 2.41. The Balaban J connectivity index is 2.94. The van der Waals surface area contributed by atoms with Crippen LogP contribution in [0, 0.1) is 12.8 Å². The molecular formula is C14H25N5O. The molecule has 20 heavy (non-hydrogen) atoms. The number of aryl methyl sites for hydroxylation is 2. The number of aromatic nitrogens is 2. The van der Waals surface area contributed by atoms with Crippen molar-refractivity contribution in [2.75, 3.05) is 18.0 Å². The molecule has 1 aromatic rings. The van der Waals surface area contributed by atoms with Crippen LogP contribution in [0.4, 0.5) is 5.82 Å². The van der Waals surface area contributed by atoms with Crippen molar-refractivity contribution in [3.05, 3.63) is 17.6 Å². The number of hydrogen-bond donors (Lipinski definition) is 2. The van der Waals surface area contributed by atoms with Gasteiger partial charge in [-0.25, -0.2) is 9.97 Å². The summed E-state index contributed by atoms with van der Waals surface area (Å²) in [6, 6.07) is 2.02. The number of rotatable bonds is 7. The van der Waals surface area contributed by atoms with Crippen LogP contribution in [-0.2, 0) is 6.42 Å². The van der Waals surface area contributed by atoms with Gasteiger partial charge in [0.1, 0.15) is 17.5 Å². The van der Waals surface area contributed by atoms with Gasteiger partial charge < -0.3 is 15.8 Å². The maximum atomic E-state index is 8.65. The van der Waals surface area contributed by atoms with Crippen molar-refractivity contribution in [3.8, 4) is 0 Å². The van der Waals surface area contributed by atoms with E-state index in [9.17, 15) is 0 Å². The second-order valence-electron chi connectivity index (χ2n) is 5.30. The molecule has 0 aliphatic heterocycles. The van der Waals surface area contributed by atoms with E-state index in [0.29, 0.717) is 18.9 Å². The molecule has 3 N–H and O–H groups in total. The lowest BCUT2D eigenvalue weighted by molar-refractivity contribution is 0.317. The molecular weight excluding hydrogens is 254 g/mol. The molecule has 0 aliphatic rings. The van der Waals surface area contributed by atoms with Gasteiger partial charge in [0.05, 0.1) is 0 Å². The van der Waals surface area contributed by atoms with Gasteiger partial charge in [-0.05, 0) is 19.3 Å². The molecule has 112 valence electrons. The normalized spacial score (nSPS) is 11.9. The first-order valence-corrected chi connectivity index (χ1v) is 7.02. The van der Waals surface area contributed by atoms with Crippen molar-refractivity contribution in [3.63, 3.8) is 0 Å². The van der Waals surface area contributed by atoms with E-state index in [1.165, 1.54) is 0 Å². The average molecular weight is 279 g/mol. The van der Waals surface area contributed by atoms with Gasteiger partial charge in [-0.1, -0.05) is 25.9 Å². The number of hydrogen-bond acceptors (Lipinski definition) is 5. The number of nitrogens with two attached hydrogens (primary N) is 1. The third-order valence-corrected chi connectivity index (χ3v) is 2.92. The molecule has 0 aliphatic carbocycles. The summed E-state index contributed by atoms with van der Waals surface area (Å²) in [6.07, 6.45) is 1.39. The van der Waals surface area contributed by atoms with E-state index < -0.39 is 0 Å². The molecule has 6 nitrogen and oxygen atoms in total. The zero-order chi connectivity index (χ0) is 15.1. The van der Waals surface area contributed by atoms with E-state index >= 15 is 0 Å². The molecule has 0 fully saturated rings. The molecule has 1 rings (SSSR count). The SMILES string of the molecule is CCc1cc(N(CCC(N)=NO)CC(C)C)nc(C)n1. The molecule has 0 unspecified atom stereocenters. The molecule has 0 aromatic carbocycles. The largest absolute Gasteiger partial charge is 0.409 e. The summed E-state index contributed by atoms with van der Waals surface area (Å²) in [5.41, 5.74) is 6.59. The summed E-state index contributed by atoms with van der Waals surface area (Å²) in [6.45, 7) is 9.84. The first kappa shape index (κ1) is 16.2. The van der Waals surface area contributed by atoms with E-state index in [0.717, 1.165) is 30.3 Å². The lowest BCUT2D eigenvalue weighted by Crippen LogP contribution is -2.32. The summed E-state index contributed by atoms with van der Waals surface area (Å²) in [7, 11) is 0. The quantitative estimate of drug-likeness (QED) is 0.345. The van der Waals surface area contributed by atoms with E-state index in [1.54, 1.807) is 0 Å². The van der Waals surface area contributed by atoms with E-state index in [4.69, 9.17) is 10.9 Å². The summed E-state index contributed by atoms with van der Waals surface area (Å²) in [5, 5.41) is 11.7. The van der Waals surface area contributed by atoms with Crippen LogP contribution < -0.4 is 10.6 Å². The minimum atomic E-state index is 0.236. The van der Waals surface area contributed by atoms with Crippen LogP contribution in [0.25, 0.3) is 0 Å². The maximum Gasteiger partial charge on any atom is 0.140 e. The topological polar surface area (TPSA) is 87.6 Å². The molecule has 0 spiro atoms. The van der Waals surface area contributed by atoms with Gasteiger partial charge in [0.25, 0.3) is 0 Å². The number of oxime groups is 1. The molecule has 0 bridgehead atoms. The van der Waals surface area contributed by atoms with Crippen LogP contribution in [0.15, 0.2) is 11.2 Å². The van der Waals surface area contributed by atoms with Crippen molar-refractivity contribution < 1.29 is 5.21 Å². The fraction of sp³-hybridized carbons (Fsp3) is 0.643. The van der Waals surface area contributed by atoms with Crippen LogP contribution in [0.2, 0.25) is 0 Å². The van der Waals surface area contributed by atoms with Gasteiger partial charge in [-0.15, -0.1) is 0 Å². The Bertz CT molecular complexity index is 459. The van der Waals surface area contributed by atoms with Crippen LogP contribution in [0.5, 0.6) is 0 Å². The Morgan fingerprint density at radius 3 is 2.70 bits per heavy atom. The third kappa shape index (κ3) is 5.03. The maximum absolute atomic E-state index is 8.65. The lowest BCUT2D eigenvalue weighted by atomic mass is 10.2. The van der Waals surface area contributed by atoms with Gasteiger partial charge in [-0.2, -0.15) is 0 Å².